The Kier molecular flexibility index (Phi) is 3.66. The van der Waals surface area contributed by atoms with Crippen LogP contribution >= 0.6 is 0 Å². The van der Waals surface area contributed by atoms with E-state index < -0.39 is 0 Å². The summed E-state index contributed by atoms with van der Waals surface area (Å²) in [6, 6.07) is 9.66. The molecule has 0 fully saturated rings. The first kappa shape index (κ1) is 12.6. The molecule has 2 rings (SSSR count). The van der Waals surface area contributed by atoms with Gasteiger partial charge in [0.15, 0.2) is 5.78 Å². The average molecular weight is 242 g/mol. The van der Waals surface area contributed by atoms with Crippen LogP contribution in [0, 0.1) is 13.8 Å². The molecule has 0 radical (unpaired) electrons. The lowest BCUT2D eigenvalue weighted by Crippen LogP contribution is -2.02. The van der Waals surface area contributed by atoms with Crippen molar-refractivity contribution in [2.75, 3.05) is 0 Å². The van der Waals surface area contributed by atoms with Gasteiger partial charge in [0.1, 0.15) is 11.5 Å². The third-order valence-corrected chi connectivity index (χ3v) is 3.01. The Morgan fingerprint density at radius 1 is 1.22 bits per heavy atom. The van der Waals surface area contributed by atoms with Gasteiger partial charge < -0.3 is 4.42 Å². The Bertz CT molecular complexity index is 564. The Balaban J connectivity index is 2.34. The monoisotopic (exact) mass is 242 g/mol. The zero-order chi connectivity index (χ0) is 13.1. The van der Waals surface area contributed by atoms with Crippen molar-refractivity contribution < 1.29 is 9.21 Å². The zero-order valence-corrected chi connectivity index (χ0v) is 11.1. The second-order valence-corrected chi connectivity index (χ2v) is 4.61. The molecule has 0 saturated heterocycles. The summed E-state index contributed by atoms with van der Waals surface area (Å²) in [7, 11) is 0. The van der Waals surface area contributed by atoms with E-state index in [-0.39, 0.29) is 5.78 Å². The first-order valence-corrected chi connectivity index (χ1v) is 6.32. The number of ketones is 1. The van der Waals surface area contributed by atoms with Crippen LogP contribution in [0.1, 0.15) is 46.3 Å². The largest absolute Gasteiger partial charge is 0.466 e. The fourth-order valence-electron chi connectivity index (χ4n) is 2.17. The molecular formula is C16H18O2. The van der Waals surface area contributed by atoms with Crippen LogP contribution in [0.4, 0.5) is 0 Å². The van der Waals surface area contributed by atoms with Gasteiger partial charge in [-0.05, 0) is 38.0 Å². The minimum atomic E-state index is 0.0438. The standard InChI is InChI=1S/C16H18O2/c1-4-6-13-7-5-8-14(10-13)16(17)15-9-11(2)18-12(15)3/h5,7-10H,4,6H2,1-3H3. The molecule has 1 heterocycles. The highest BCUT2D eigenvalue weighted by Gasteiger charge is 2.15. The van der Waals surface area contributed by atoms with Crippen LogP contribution in [0.5, 0.6) is 0 Å². The Hall–Kier alpha value is -1.83. The lowest BCUT2D eigenvalue weighted by Gasteiger charge is -2.03. The molecule has 0 spiro atoms. The number of hydrogen-bond donors (Lipinski definition) is 0. The Morgan fingerprint density at radius 3 is 2.61 bits per heavy atom. The van der Waals surface area contributed by atoms with Crippen LogP contribution in [0.3, 0.4) is 0 Å². The molecule has 94 valence electrons. The van der Waals surface area contributed by atoms with Gasteiger partial charge in [-0.25, -0.2) is 0 Å². The van der Waals surface area contributed by atoms with Crippen molar-refractivity contribution in [2.45, 2.75) is 33.6 Å². The molecular weight excluding hydrogens is 224 g/mol. The van der Waals surface area contributed by atoms with Gasteiger partial charge in [0.25, 0.3) is 0 Å². The van der Waals surface area contributed by atoms with E-state index in [1.807, 2.05) is 38.1 Å². The third kappa shape index (κ3) is 2.53. The lowest BCUT2D eigenvalue weighted by atomic mass is 10.00. The van der Waals surface area contributed by atoms with Gasteiger partial charge in [-0.3, -0.25) is 4.79 Å². The minimum absolute atomic E-state index is 0.0438. The molecule has 2 nitrogen and oxygen atoms in total. The van der Waals surface area contributed by atoms with E-state index in [1.165, 1.54) is 5.56 Å². The zero-order valence-electron chi connectivity index (χ0n) is 11.1. The summed E-state index contributed by atoms with van der Waals surface area (Å²) >= 11 is 0. The van der Waals surface area contributed by atoms with Crippen molar-refractivity contribution in [1.82, 2.24) is 0 Å². The number of benzene rings is 1. The van der Waals surface area contributed by atoms with Gasteiger partial charge in [-0.15, -0.1) is 0 Å². The molecule has 1 aromatic heterocycles. The van der Waals surface area contributed by atoms with Crippen LogP contribution in [-0.4, -0.2) is 5.78 Å². The summed E-state index contributed by atoms with van der Waals surface area (Å²) in [6.45, 7) is 5.82. The number of furan rings is 1. The Morgan fingerprint density at radius 2 is 2.00 bits per heavy atom. The van der Waals surface area contributed by atoms with Crippen LogP contribution in [0.2, 0.25) is 0 Å². The molecule has 0 unspecified atom stereocenters. The van der Waals surface area contributed by atoms with Crippen LogP contribution in [0.15, 0.2) is 34.7 Å². The topological polar surface area (TPSA) is 30.2 Å². The normalized spacial score (nSPS) is 10.6. The predicted octanol–water partition coefficient (Wildman–Crippen LogP) is 4.08. The number of rotatable bonds is 4. The van der Waals surface area contributed by atoms with E-state index in [4.69, 9.17) is 4.42 Å². The third-order valence-electron chi connectivity index (χ3n) is 3.01. The molecule has 0 aliphatic carbocycles. The van der Waals surface area contributed by atoms with Crippen LogP contribution < -0.4 is 0 Å². The van der Waals surface area contributed by atoms with Crippen molar-refractivity contribution >= 4 is 5.78 Å². The highest BCUT2D eigenvalue weighted by atomic mass is 16.3. The summed E-state index contributed by atoms with van der Waals surface area (Å²) in [5, 5.41) is 0. The smallest absolute Gasteiger partial charge is 0.196 e. The van der Waals surface area contributed by atoms with Crippen molar-refractivity contribution in [3.63, 3.8) is 0 Å². The van der Waals surface area contributed by atoms with Crippen molar-refractivity contribution in [2.24, 2.45) is 0 Å². The fraction of sp³-hybridized carbons (Fsp3) is 0.312. The molecule has 18 heavy (non-hydrogen) atoms. The molecule has 2 heteroatoms. The van der Waals surface area contributed by atoms with E-state index in [9.17, 15) is 4.79 Å². The molecule has 0 atom stereocenters. The lowest BCUT2D eigenvalue weighted by molar-refractivity contribution is 0.103. The molecule has 0 N–H and O–H groups in total. The quantitative estimate of drug-likeness (QED) is 0.756. The fourth-order valence-corrected chi connectivity index (χ4v) is 2.17. The molecule has 0 amide bonds. The van der Waals surface area contributed by atoms with Gasteiger partial charge in [0, 0.05) is 5.56 Å². The van der Waals surface area contributed by atoms with Gasteiger partial charge in [-0.2, -0.15) is 0 Å². The highest BCUT2D eigenvalue weighted by molar-refractivity contribution is 6.09. The maximum atomic E-state index is 12.4. The summed E-state index contributed by atoms with van der Waals surface area (Å²) in [4.78, 5) is 12.4. The van der Waals surface area contributed by atoms with Crippen LogP contribution in [-0.2, 0) is 6.42 Å². The first-order chi connectivity index (χ1) is 8.61. The van der Waals surface area contributed by atoms with Gasteiger partial charge in [0.2, 0.25) is 0 Å². The van der Waals surface area contributed by atoms with Gasteiger partial charge >= 0.3 is 0 Å². The maximum absolute atomic E-state index is 12.4. The van der Waals surface area contributed by atoms with Gasteiger partial charge in [0.05, 0.1) is 5.56 Å². The van der Waals surface area contributed by atoms with Crippen LogP contribution in [0.25, 0.3) is 0 Å². The molecule has 2 aromatic rings. The molecule has 0 bridgehead atoms. The van der Waals surface area contributed by atoms with E-state index in [0.717, 1.165) is 24.2 Å². The highest BCUT2D eigenvalue weighted by Crippen LogP contribution is 2.19. The number of aryl methyl sites for hydroxylation is 3. The number of carbonyl (C=O) groups excluding carboxylic acids is 1. The summed E-state index contributed by atoms with van der Waals surface area (Å²) in [6.07, 6.45) is 2.09. The summed E-state index contributed by atoms with van der Waals surface area (Å²) in [5.41, 5.74) is 2.62. The van der Waals surface area contributed by atoms with E-state index >= 15 is 0 Å². The number of hydrogen-bond acceptors (Lipinski definition) is 2. The molecule has 0 aliphatic heterocycles. The second-order valence-electron chi connectivity index (χ2n) is 4.61. The van der Waals surface area contributed by atoms with Crippen molar-refractivity contribution in [1.29, 1.82) is 0 Å². The van der Waals surface area contributed by atoms with E-state index in [2.05, 4.69) is 13.0 Å². The van der Waals surface area contributed by atoms with Crippen molar-refractivity contribution in [3.8, 4) is 0 Å². The SMILES string of the molecule is CCCc1cccc(C(=O)c2cc(C)oc2C)c1. The molecule has 0 aliphatic rings. The molecule has 1 aromatic carbocycles. The van der Waals surface area contributed by atoms with E-state index in [1.54, 1.807) is 0 Å². The minimum Gasteiger partial charge on any atom is -0.466 e. The van der Waals surface area contributed by atoms with Crippen molar-refractivity contribution in [3.05, 3.63) is 58.5 Å². The second kappa shape index (κ2) is 5.21. The van der Waals surface area contributed by atoms with Gasteiger partial charge in [-0.1, -0.05) is 31.5 Å². The number of carbonyl (C=O) groups is 1. The first-order valence-electron chi connectivity index (χ1n) is 6.32. The average Bonchev–Trinajstić information content (AvgIpc) is 2.68. The predicted molar refractivity (Wildman–Crippen MR) is 72.1 cm³/mol. The summed E-state index contributed by atoms with van der Waals surface area (Å²) < 4.78 is 5.41. The maximum Gasteiger partial charge on any atom is 0.196 e. The molecule has 0 saturated carbocycles. The summed E-state index contributed by atoms with van der Waals surface area (Å²) in [5.74, 6) is 1.52. The van der Waals surface area contributed by atoms with E-state index in [0.29, 0.717) is 11.3 Å². The Labute approximate surface area is 108 Å².